The summed E-state index contributed by atoms with van der Waals surface area (Å²) in [6.45, 7) is 5.46. The lowest BCUT2D eigenvalue weighted by atomic mass is 10.2. The van der Waals surface area contributed by atoms with Gasteiger partial charge in [0, 0.05) is 11.4 Å². The zero-order valence-corrected chi connectivity index (χ0v) is 14.2. The first-order valence-electron chi connectivity index (χ1n) is 7.77. The van der Waals surface area contributed by atoms with Gasteiger partial charge in [0.1, 0.15) is 23.6 Å². The summed E-state index contributed by atoms with van der Waals surface area (Å²) in [6, 6.07) is 7.42. The number of nitrogens with zero attached hydrogens (tertiary/aromatic N) is 3. The molecule has 2 aromatic heterocycles. The number of carbonyl (C=O) groups excluding carboxylic acids is 1. The zero-order valence-electron chi connectivity index (χ0n) is 14.2. The molecule has 0 saturated heterocycles. The Labute approximate surface area is 138 Å². The van der Waals surface area contributed by atoms with E-state index in [-0.39, 0.29) is 24.1 Å². The number of nitrogens with one attached hydrogen (secondary N) is 1. The summed E-state index contributed by atoms with van der Waals surface area (Å²) in [7, 11) is 1.60. The van der Waals surface area contributed by atoms with Gasteiger partial charge in [-0.2, -0.15) is 5.10 Å². The fourth-order valence-corrected chi connectivity index (χ4v) is 2.83. The van der Waals surface area contributed by atoms with Crippen LogP contribution in [-0.4, -0.2) is 33.2 Å². The molecule has 0 spiro atoms. The molecule has 1 aromatic carbocycles. The number of carbonyl (C=O) groups is 1. The molecule has 0 bridgehead atoms. The summed E-state index contributed by atoms with van der Waals surface area (Å²) in [4.78, 5) is 24.6. The molecule has 7 nitrogen and oxygen atoms in total. The second-order valence-electron chi connectivity index (χ2n) is 6.02. The van der Waals surface area contributed by atoms with E-state index in [0.29, 0.717) is 11.3 Å². The van der Waals surface area contributed by atoms with Crippen LogP contribution >= 0.6 is 0 Å². The van der Waals surface area contributed by atoms with Crippen molar-refractivity contribution in [3.05, 3.63) is 40.4 Å². The predicted molar refractivity (Wildman–Crippen MR) is 91.5 cm³/mol. The number of methoxy groups -OCH3 is 1. The maximum atomic E-state index is 12.7. The normalized spacial score (nSPS) is 11.4. The number of aromatic nitrogens is 3. The van der Waals surface area contributed by atoms with Crippen LogP contribution in [0, 0.1) is 6.92 Å². The van der Waals surface area contributed by atoms with E-state index in [1.54, 1.807) is 17.6 Å². The highest BCUT2D eigenvalue weighted by Gasteiger charge is 2.14. The van der Waals surface area contributed by atoms with Gasteiger partial charge in [-0.05, 0) is 45.0 Å². The van der Waals surface area contributed by atoms with Gasteiger partial charge in [0.15, 0.2) is 0 Å². The number of fused-ring (bicyclic) bond motifs is 3. The summed E-state index contributed by atoms with van der Waals surface area (Å²) >= 11 is 0. The topological polar surface area (TPSA) is 77.6 Å². The number of amides is 1. The minimum atomic E-state index is -0.297. The van der Waals surface area contributed by atoms with Crippen LogP contribution in [0.2, 0.25) is 0 Å². The Hall–Kier alpha value is -2.83. The monoisotopic (exact) mass is 328 g/mol. The molecule has 0 aliphatic carbocycles. The molecule has 3 aromatic rings. The number of hydrogen-bond acceptors (Lipinski definition) is 4. The number of rotatable bonds is 4. The Morgan fingerprint density at radius 3 is 2.71 bits per heavy atom. The number of benzene rings is 1. The van der Waals surface area contributed by atoms with Crippen molar-refractivity contribution in [3.63, 3.8) is 0 Å². The minimum Gasteiger partial charge on any atom is -0.497 e. The van der Waals surface area contributed by atoms with Gasteiger partial charge < -0.3 is 10.1 Å². The first-order valence-corrected chi connectivity index (χ1v) is 7.77. The number of ether oxygens (including phenoxy) is 1. The van der Waals surface area contributed by atoms with E-state index in [9.17, 15) is 9.59 Å². The molecule has 0 atom stereocenters. The molecule has 0 unspecified atom stereocenters. The van der Waals surface area contributed by atoms with Gasteiger partial charge in [-0.3, -0.25) is 14.0 Å². The van der Waals surface area contributed by atoms with Gasteiger partial charge in [-0.25, -0.2) is 4.68 Å². The maximum Gasteiger partial charge on any atom is 0.291 e. The lowest BCUT2D eigenvalue weighted by molar-refractivity contribution is -0.122. The average Bonchev–Trinajstić information content (AvgIpc) is 2.90. The minimum absolute atomic E-state index is 0.0152. The summed E-state index contributed by atoms with van der Waals surface area (Å²) < 4.78 is 8.24. The molecule has 0 radical (unpaired) electrons. The van der Waals surface area contributed by atoms with E-state index in [2.05, 4.69) is 10.4 Å². The van der Waals surface area contributed by atoms with Crippen LogP contribution in [0.5, 0.6) is 5.75 Å². The van der Waals surface area contributed by atoms with Crippen molar-refractivity contribution in [1.82, 2.24) is 19.5 Å². The Balaban J connectivity index is 2.15. The van der Waals surface area contributed by atoms with Crippen LogP contribution in [0.4, 0.5) is 0 Å². The molecule has 0 aliphatic rings. The molecule has 2 heterocycles. The van der Waals surface area contributed by atoms with E-state index >= 15 is 0 Å². The first kappa shape index (κ1) is 16.0. The summed E-state index contributed by atoms with van der Waals surface area (Å²) in [6.07, 6.45) is 0. The molecule has 0 fully saturated rings. The van der Waals surface area contributed by atoms with E-state index in [4.69, 9.17) is 4.74 Å². The Bertz CT molecular complexity index is 985. The summed E-state index contributed by atoms with van der Waals surface area (Å²) in [5.41, 5.74) is 1.07. The highest BCUT2D eigenvalue weighted by atomic mass is 16.5. The molecule has 7 heteroatoms. The highest BCUT2D eigenvalue weighted by Crippen LogP contribution is 2.23. The van der Waals surface area contributed by atoms with Crippen LogP contribution in [0.1, 0.15) is 19.7 Å². The number of hydrogen-bond donors (Lipinski definition) is 1. The summed E-state index contributed by atoms with van der Waals surface area (Å²) in [5.74, 6) is 1.13. The van der Waals surface area contributed by atoms with Gasteiger partial charge in [-0.15, -0.1) is 0 Å². The maximum absolute atomic E-state index is 12.7. The lowest BCUT2D eigenvalue weighted by Gasteiger charge is -2.11. The average molecular weight is 328 g/mol. The molecule has 1 amide bonds. The Morgan fingerprint density at radius 2 is 2.04 bits per heavy atom. The van der Waals surface area contributed by atoms with Crippen molar-refractivity contribution >= 4 is 22.3 Å². The van der Waals surface area contributed by atoms with Crippen molar-refractivity contribution < 1.29 is 9.53 Å². The van der Waals surface area contributed by atoms with Crippen LogP contribution < -0.4 is 15.6 Å². The zero-order chi connectivity index (χ0) is 17.4. The number of aryl methyl sites for hydroxylation is 1. The molecule has 24 heavy (non-hydrogen) atoms. The van der Waals surface area contributed by atoms with Crippen LogP contribution in [0.15, 0.2) is 29.1 Å². The fourth-order valence-electron chi connectivity index (χ4n) is 2.83. The van der Waals surface area contributed by atoms with E-state index in [1.165, 1.54) is 4.68 Å². The van der Waals surface area contributed by atoms with Crippen molar-refractivity contribution in [3.8, 4) is 5.75 Å². The van der Waals surface area contributed by atoms with E-state index in [0.717, 1.165) is 16.7 Å². The first-order chi connectivity index (χ1) is 11.4. The second kappa shape index (κ2) is 5.99. The van der Waals surface area contributed by atoms with Crippen molar-refractivity contribution in [2.24, 2.45) is 0 Å². The largest absolute Gasteiger partial charge is 0.497 e. The SMILES string of the molecule is COc1ccc2c(c1)cc1c(=O)n(CC(=O)NC(C)C)nc(C)n12. The molecule has 0 aliphatic heterocycles. The van der Waals surface area contributed by atoms with Crippen molar-refractivity contribution in [1.29, 1.82) is 0 Å². The smallest absolute Gasteiger partial charge is 0.291 e. The quantitative estimate of drug-likeness (QED) is 0.787. The van der Waals surface area contributed by atoms with Gasteiger partial charge >= 0.3 is 0 Å². The third kappa shape index (κ3) is 2.73. The fraction of sp³-hybridized carbons (Fsp3) is 0.353. The Kier molecular flexibility index (Phi) is 4.01. The predicted octanol–water partition coefficient (Wildman–Crippen LogP) is 1.49. The van der Waals surface area contributed by atoms with Gasteiger partial charge in [0.2, 0.25) is 5.91 Å². The molecule has 3 rings (SSSR count). The Morgan fingerprint density at radius 1 is 1.29 bits per heavy atom. The molecular weight excluding hydrogens is 308 g/mol. The second-order valence-corrected chi connectivity index (χ2v) is 6.02. The molecule has 1 N–H and O–H groups in total. The van der Waals surface area contributed by atoms with Crippen molar-refractivity contribution in [2.45, 2.75) is 33.4 Å². The third-order valence-electron chi connectivity index (χ3n) is 3.79. The third-order valence-corrected chi connectivity index (χ3v) is 3.79. The summed E-state index contributed by atoms with van der Waals surface area (Å²) in [5, 5.41) is 7.94. The molecular formula is C17H20N4O3. The van der Waals surface area contributed by atoms with Gasteiger partial charge in [-0.1, -0.05) is 0 Å². The van der Waals surface area contributed by atoms with Crippen LogP contribution in [0.3, 0.4) is 0 Å². The van der Waals surface area contributed by atoms with Gasteiger partial charge in [0.25, 0.3) is 5.56 Å². The highest BCUT2D eigenvalue weighted by molar-refractivity contribution is 5.88. The van der Waals surface area contributed by atoms with Crippen LogP contribution in [0.25, 0.3) is 16.4 Å². The van der Waals surface area contributed by atoms with Crippen molar-refractivity contribution in [2.75, 3.05) is 7.11 Å². The lowest BCUT2D eigenvalue weighted by Crippen LogP contribution is -2.37. The van der Waals surface area contributed by atoms with E-state index in [1.807, 2.05) is 39.0 Å². The molecule has 0 saturated carbocycles. The molecule has 126 valence electrons. The van der Waals surface area contributed by atoms with E-state index < -0.39 is 0 Å². The standard InChI is InChI=1S/C17H20N4O3/c1-10(2)18-16(22)9-20-17(23)15-8-12-7-13(24-4)5-6-14(12)21(15)11(3)19-20/h5-8,10H,9H2,1-4H3,(H,18,22). The van der Waals surface area contributed by atoms with Gasteiger partial charge in [0.05, 0.1) is 12.6 Å². The van der Waals surface area contributed by atoms with Crippen LogP contribution in [-0.2, 0) is 11.3 Å².